The summed E-state index contributed by atoms with van der Waals surface area (Å²) in [6, 6.07) is -0.299. The van der Waals surface area contributed by atoms with Crippen molar-refractivity contribution in [3.63, 3.8) is 0 Å². The largest absolute Gasteiger partial charge is 0.396 e. The second-order valence-corrected chi connectivity index (χ2v) is 1.68. The van der Waals surface area contributed by atoms with Gasteiger partial charge in [0.05, 0.1) is 12.6 Å². The number of rotatable bonds is 5. The van der Waals surface area contributed by atoms with E-state index in [4.69, 9.17) is 10.2 Å². The van der Waals surface area contributed by atoms with E-state index in [0.717, 1.165) is 0 Å². The summed E-state index contributed by atoms with van der Waals surface area (Å²) in [7, 11) is 0. The Morgan fingerprint density at radius 2 is 2.22 bits per heavy atom. The average molecular weight is 133 g/mol. The number of aliphatic hydroxyl groups is 2. The van der Waals surface area contributed by atoms with Crippen LogP contribution >= 0.6 is 0 Å². The predicted molar refractivity (Wildman–Crippen MR) is 31.8 cm³/mol. The number of aliphatic hydroxyl groups excluding tert-OH is 2. The topological polar surface area (TPSA) is 69.6 Å². The second kappa shape index (κ2) is 5.53. The van der Waals surface area contributed by atoms with Gasteiger partial charge in [-0.15, -0.1) is 0 Å². The Morgan fingerprint density at radius 3 is 2.56 bits per heavy atom. The first kappa shape index (κ1) is 8.39. The van der Waals surface area contributed by atoms with E-state index in [-0.39, 0.29) is 19.3 Å². The van der Waals surface area contributed by atoms with Crippen molar-refractivity contribution in [2.24, 2.45) is 0 Å². The Hall–Kier alpha value is -0.610. The van der Waals surface area contributed by atoms with Crippen molar-refractivity contribution in [1.82, 2.24) is 5.32 Å². The first-order chi connectivity index (χ1) is 4.35. The maximum Gasteiger partial charge on any atom is 0.207 e. The lowest BCUT2D eigenvalue weighted by atomic mass is 10.2. The minimum atomic E-state index is -0.299. The van der Waals surface area contributed by atoms with Crippen LogP contribution in [0.15, 0.2) is 0 Å². The van der Waals surface area contributed by atoms with Crippen LogP contribution in [-0.4, -0.2) is 35.9 Å². The summed E-state index contributed by atoms with van der Waals surface area (Å²) in [6.45, 7) is -0.147. The molecule has 4 heteroatoms. The van der Waals surface area contributed by atoms with Gasteiger partial charge in [0.1, 0.15) is 0 Å². The van der Waals surface area contributed by atoms with Gasteiger partial charge in [-0.3, -0.25) is 4.79 Å². The highest BCUT2D eigenvalue weighted by molar-refractivity contribution is 5.46. The molecule has 0 spiro atoms. The molecule has 3 N–H and O–H groups in total. The van der Waals surface area contributed by atoms with Gasteiger partial charge in [-0.2, -0.15) is 0 Å². The van der Waals surface area contributed by atoms with E-state index in [1.165, 1.54) is 0 Å². The number of nitrogens with one attached hydrogen (secondary N) is 1. The third-order valence-corrected chi connectivity index (χ3v) is 1.00. The zero-order valence-electron chi connectivity index (χ0n) is 5.08. The summed E-state index contributed by atoms with van der Waals surface area (Å²) in [5, 5.41) is 19.1. The molecule has 54 valence electrons. The lowest BCUT2D eigenvalue weighted by molar-refractivity contribution is -0.110. The van der Waals surface area contributed by atoms with Crippen molar-refractivity contribution in [1.29, 1.82) is 0 Å². The standard InChI is InChI=1S/C5H11NO3/c7-2-1-5(3-8)6-4-9/h4-5,7-8H,1-3H2,(H,6,9). The summed E-state index contributed by atoms with van der Waals surface area (Å²) < 4.78 is 0. The van der Waals surface area contributed by atoms with Crippen LogP contribution in [0.1, 0.15) is 6.42 Å². The molecule has 0 radical (unpaired) electrons. The Balaban J connectivity index is 3.28. The van der Waals surface area contributed by atoms with Crippen LogP contribution < -0.4 is 5.32 Å². The van der Waals surface area contributed by atoms with E-state index in [9.17, 15) is 4.79 Å². The zero-order chi connectivity index (χ0) is 7.11. The highest BCUT2D eigenvalue weighted by Gasteiger charge is 2.02. The molecule has 0 aliphatic carbocycles. The van der Waals surface area contributed by atoms with Crippen molar-refractivity contribution >= 4 is 6.41 Å². The van der Waals surface area contributed by atoms with Crippen molar-refractivity contribution in [2.75, 3.05) is 13.2 Å². The van der Waals surface area contributed by atoms with Gasteiger partial charge < -0.3 is 15.5 Å². The predicted octanol–water partition coefficient (Wildman–Crippen LogP) is -1.52. The maximum atomic E-state index is 9.75. The smallest absolute Gasteiger partial charge is 0.207 e. The summed E-state index contributed by atoms with van der Waals surface area (Å²) in [6.07, 6.45) is 0.909. The summed E-state index contributed by atoms with van der Waals surface area (Å²) in [5.41, 5.74) is 0. The van der Waals surface area contributed by atoms with Crippen LogP contribution in [0.5, 0.6) is 0 Å². The van der Waals surface area contributed by atoms with E-state index in [1.807, 2.05) is 0 Å². The van der Waals surface area contributed by atoms with E-state index in [2.05, 4.69) is 5.32 Å². The first-order valence-corrected chi connectivity index (χ1v) is 2.76. The molecule has 1 atom stereocenters. The van der Waals surface area contributed by atoms with Crippen LogP contribution in [0.2, 0.25) is 0 Å². The monoisotopic (exact) mass is 133 g/mol. The summed E-state index contributed by atoms with van der Waals surface area (Å²) in [4.78, 5) is 9.75. The third kappa shape index (κ3) is 3.93. The van der Waals surface area contributed by atoms with Gasteiger partial charge in [-0.1, -0.05) is 0 Å². The molecule has 0 rings (SSSR count). The Kier molecular flexibility index (Phi) is 5.15. The molecule has 0 saturated heterocycles. The van der Waals surface area contributed by atoms with Gasteiger partial charge in [0.25, 0.3) is 0 Å². The molecule has 1 unspecified atom stereocenters. The van der Waals surface area contributed by atoms with Crippen molar-refractivity contribution in [3.8, 4) is 0 Å². The number of amides is 1. The maximum absolute atomic E-state index is 9.75. The van der Waals surface area contributed by atoms with Crippen LogP contribution in [0.4, 0.5) is 0 Å². The van der Waals surface area contributed by atoms with Crippen LogP contribution in [0.25, 0.3) is 0 Å². The quantitative estimate of drug-likeness (QED) is 0.399. The second-order valence-electron chi connectivity index (χ2n) is 1.68. The average Bonchev–Trinajstić information content (AvgIpc) is 1.88. The lowest BCUT2D eigenvalue weighted by Crippen LogP contribution is -2.31. The summed E-state index contributed by atoms with van der Waals surface area (Å²) in [5.74, 6) is 0. The molecule has 0 saturated carbocycles. The van der Waals surface area contributed by atoms with Gasteiger partial charge >= 0.3 is 0 Å². The molecule has 9 heavy (non-hydrogen) atoms. The SMILES string of the molecule is O=CNC(CO)CCO. The van der Waals surface area contributed by atoms with Crippen molar-refractivity contribution < 1.29 is 15.0 Å². The number of carbonyl (C=O) groups excluding carboxylic acids is 1. The van der Waals surface area contributed by atoms with Gasteiger partial charge in [-0.25, -0.2) is 0 Å². The van der Waals surface area contributed by atoms with E-state index < -0.39 is 0 Å². The fourth-order valence-electron chi connectivity index (χ4n) is 0.479. The molecule has 0 aromatic heterocycles. The van der Waals surface area contributed by atoms with E-state index in [0.29, 0.717) is 12.8 Å². The molecule has 0 aromatic carbocycles. The number of carbonyl (C=O) groups is 1. The van der Waals surface area contributed by atoms with Gasteiger partial charge in [0.2, 0.25) is 6.41 Å². The van der Waals surface area contributed by atoms with Crippen molar-refractivity contribution in [2.45, 2.75) is 12.5 Å². The van der Waals surface area contributed by atoms with Gasteiger partial charge in [0.15, 0.2) is 0 Å². The van der Waals surface area contributed by atoms with E-state index in [1.54, 1.807) is 0 Å². The van der Waals surface area contributed by atoms with Crippen LogP contribution in [-0.2, 0) is 4.79 Å². The molecule has 0 bridgehead atoms. The molecule has 1 amide bonds. The minimum absolute atomic E-state index is 0.0218. The molecule has 4 nitrogen and oxygen atoms in total. The number of hydrogen-bond donors (Lipinski definition) is 3. The van der Waals surface area contributed by atoms with Crippen molar-refractivity contribution in [3.05, 3.63) is 0 Å². The molecule has 0 aliphatic heterocycles. The van der Waals surface area contributed by atoms with Gasteiger partial charge in [0, 0.05) is 6.61 Å². The Bertz CT molecular complexity index is 76.6. The summed E-state index contributed by atoms with van der Waals surface area (Å²) >= 11 is 0. The normalized spacial score (nSPS) is 12.7. The molecule has 0 aromatic rings. The van der Waals surface area contributed by atoms with Gasteiger partial charge in [-0.05, 0) is 6.42 Å². The Morgan fingerprint density at radius 1 is 1.56 bits per heavy atom. The fourth-order valence-corrected chi connectivity index (χ4v) is 0.479. The molecular formula is C5H11NO3. The molecule has 0 heterocycles. The van der Waals surface area contributed by atoms with Crippen LogP contribution in [0, 0.1) is 0 Å². The third-order valence-electron chi connectivity index (χ3n) is 1.00. The Labute approximate surface area is 53.5 Å². The minimum Gasteiger partial charge on any atom is -0.396 e. The molecular weight excluding hydrogens is 122 g/mol. The van der Waals surface area contributed by atoms with E-state index >= 15 is 0 Å². The fraction of sp³-hybridized carbons (Fsp3) is 0.800. The highest BCUT2D eigenvalue weighted by atomic mass is 16.3. The zero-order valence-corrected chi connectivity index (χ0v) is 5.08. The van der Waals surface area contributed by atoms with Crippen LogP contribution in [0.3, 0.4) is 0 Å². The highest BCUT2D eigenvalue weighted by Crippen LogP contribution is 1.85. The lowest BCUT2D eigenvalue weighted by Gasteiger charge is -2.09. The molecule has 0 fully saturated rings. The first-order valence-electron chi connectivity index (χ1n) is 2.76. The number of hydrogen-bond acceptors (Lipinski definition) is 3. The molecule has 0 aliphatic rings.